The van der Waals surface area contributed by atoms with Crippen LogP contribution >= 0.6 is 0 Å². The first-order chi connectivity index (χ1) is 15.4. The lowest BCUT2D eigenvalue weighted by Crippen LogP contribution is -2.39. The van der Waals surface area contributed by atoms with Gasteiger partial charge in [0.05, 0.1) is 24.0 Å². The van der Waals surface area contributed by atoms with E-state index in [1.54, 1.807) is 60.9 Å². The Labute approximate surface area is 188 Å². The Morgan fingerprint density at radius 2 is 1.84 bits per heavy atom. The number of aromatic nitrogens is 2. The fourth-order valence-electron chi connectivity index (χ4n) is 3.91. The van der Waals surface area contributed by atoms with E-state index in [9.17, 15) is 13.2 Å². The second-order valence-corrected chi connectivity index (χ2v) is 9.70. The van der Waals surface area contributed by atoms with Gasteiger partial charge in [0.25, 0.3) is 15.9 Å². The fourth-order valence-corrected chi connectivity index (χ4v) is 5.16. The third-order valence-corrected chi connectivity index (χ3v) is 7.66. The topological polar surface area (TPSA) is 84.7 Å². The monoisotopic (exact) mass is 454 g/mol. The summed E-state index contributed by atoms with van der Waals surface area (Å²) in [6.07, 6.45) is 7.17. The summed E-state index contributed by atoms with van der Waals surface area (Å²) in [5.41, 5.74) is 0.874. The van der Waals surface area contributed by atoms with E-state index in [-0.39, 0.29) is 10.8 Å². The summed E-state index contributed by atoms with van der Waals surface area (Å²) < 4.78 is 34.8. The minimum Gasteiger partial charge on any atom is -0.497 e. The van der Waals surface area contributed by atoms with Gasteiger partial charge < -0.3 is 14.2 Å². The Balaban J connectivity index is 1.49. The molecule has 0 radical (unpaired) electrons. The van der Waals surface area contributed by atoms with Crippen molar-refractivity contribution in [3.8, 4) is 5.75 Å². The van der Waals surface area contributed by atoms with Crippen LogP contribution in [0.2, 0.25) is 0 Å². The number of carbonyl (C=O) groups is 1. The number of methoxy groups -OCH3 is 1. The maximum atomic E-state index is 13.2. The Bertz CT molecular complexity index is 1170. The van der Waals surface area contributed by atoms with Crippen molar-refractivity contribution in [3.63, 3.8) is 0 Å². The Morgan fingerprint density at radius 3 is 2.47 bits per heavy atom. The van der Waals surface area contributed by atoms with Crippen molar-refractivity contribution < 1.29 is 17.9 Å². The third-order valence-electron chi connectivity index (χ3n) is 5.87. The minimum absolute atomic E-state index is 0.0787. The molecular weight excluding hydrogens is 428 g/mol. The van der Waals surface area contributed by atoms with Gasteiger partial charge in [-0.15, -0.1) is 0 Å². The molecule has 4 rings (SSSR count). The van der Waals surface area contributed by atoms with Crippen LogP contribution in [-0.4, -0.2) is 56.0 Å². The molecule has 2 heterocycles. The maximum absolute atomic E-state index is 13.2. The van der Waals surface area contributed by atoms with Gasteiger partial charge >= 0.3 is 0 Å². The first kappa shape index (κ1) is 21.9. The molecule has 1 amide bonds. The second kappa shape index (κ2) is 9.04. The van der Waals surface area contributed by atoms with Crippen molar-refractivity contribution in [3.05, 3.63) is 72.8 Å². The van der Waals surface area contributed by atoms with Crippen molar-refractivity contribution in [2.75, 3.05) is 31.6 Å². The maximum Gasteiger partial charge on any atom is 0.264 e. The van der Waals surface area contributed by atoms with Gasteiger partial charge in [-0.1, -0.05) is 6.07 Å². The number of hydrogen-bond acceptors (Lipinski definition) is 5. The largest absolute Gasteiger partial charge is 0.497 e. The first-order valence-corrected chi connectivity index (χ1v) is 11.8. The quantitative estimate of drug-likeness (QED) is 0.571. The predicted octanol–water partition coefficient (Wildman–Crippen LogP) is 3.19. The van der Waals surface area contributed by atoms with Crippen LogP contribution in [0.5, 0.6) is 5.75 Å². The van der Waals surface area contributed by atoms with E-state index < -0.39 is 10.0 Å². The standard InChI is InChI=1S/C23H26N4O4S/c1-25(19-6-8-21(31-2)9-7-19)32(29,30)22-5-3-4-18(16-22)23(28)26-13-10-20(11-14-26)27-15-12-24-17-27/h3-9,12,15-17,20H,10-11,13-14H2,1-2H3. The molecule has 0 spiro atoms. The van der Waals surface area contributed by atoms with Crippen LogP contribution in [0.1, 0.15) is 29.2 Å². The number of sulfonamides is 1. The number of hydrogen-bond donors (Lipinski definition) is 0. The van der Waals surface area contributed by atoms with E-state index >= 15 is 0 Å². The molecule has 8 nitrogen and oxygen atoms in total. The molecule has 0 bridgehead atoms. The molecule has 1 aromatic heterocycles. The highest BCUT2D eigenvalue weighted by molar-refractivity contribution is 7.92. The highest BCUT2D eigenvalue weighted by atomic mass is 32.2. The summed E-state index contributed by atoms with van der Waals surface area (Å²) in [5, 5.41) is 0. The molecule has 1 fully saturated rings. The van der Waals surface area contributed by atoms with Gasteiger partial charge in [-0.05, 0) is 55.3 Å². The molecule has 0 aliphatic carbocycles. The third kappa shape index (κ3) is 4.34. The summed E-state index contributed by atoms with van der Waals surface area (Å²) in [6, 6.07) is 13.3. The summed E-state index contributed by atoms with van der Waals surface area (Å²) in [6.45, 7) is 1.23. The van der Waals surface area contributed by atoms with E-state index in [1.165, 1.54) is 23.5 Å². The molecule has 168 valence electrons. The van der Waals surface area contributed by atoms with E-state index in [1.807, 2.05) is 6.20 Å². The zero-order valence-corrected chi connectivity index (χ0v) is 18.9. The van der Waals surface area contributed by atoms with E-state index in [2.05, 4.69) is 9.55 Å². The van der Waals surface area contributed by atoms with Gasteiger partial charge in [-0.3, -0.25) is 9.10 Å². The van der Waals surface area contributed by atoms with Crippen molar-refractivity contribution in [1.29, 1.82) is 0 Å². The highest BCUT2D eigenvalue weighted by Crippen LogP contribution is 2.26. The normalized spacial score (nSPS) is 14.9. The lowest BCUT2D eigenvalue weighted by Gasteiger charge is -2.32. The zero-order chi connectivity index (χ0) is 22.7. The molecule has 0 unspecified atom stereocenters. The predicted molar refractivity (Wildman–Crippen MR) is 121 cm³/mol. The number of benzene rings is 2. The molecular formula is C23H26N4O4S. The average molecular weight is 455 g/mol. The lowest BCUT2D eigenvalue weighted by molar-refractivity contribution is 0.0694. The average Bonchev–Trinajstić information content (AvgIpc) is 3.38. The van der Waals surface area contributed by atoms with E-state index in [4.69, 9.17) is 4.74 Å². The molecule has 0 N–H and O–H groups in total. The molecule has 0 atom stereocenters. The zero-order valence-electron chi connectivity index (χ0n) is 18.1. The van der Waals surface area contributed by atoms with Gasteiger partial charge in [0, 0.05) is 44.1 Å². The van der Waals surface area contributed by atoms with Crippen LogP contribution in [0.4, 0.5) is 5.69 Å². The number of piperidine rings is 1. The smallest absolute Gasteiger partial charge is 0.264 e. The number of ether oxygens (including phenoxy) is 1. The molecule has 32 heavy (non-hydrogen) atoms. The van der Waals surface area contributed by atoms with Crippen molar-refractivity contribution in [1.82, 2.24) is 14.5 Å². The number of anilines is 1. The van der Waals surface area contributed by atoms with Crippen LogP contribution in [-0.2, 0) is 10.0 Å². The van der Waals surface area contributed by atoms with Gasteiger partial charge in [-0.25, -0.2) is 13.4 Å². The van der Waals surface area contributed by atoms with Gasteiger partial charge in [0.15, 0.2) is 0 Å². The number of amides is 1. The van der Waals surface area contributed by atoms with Crippen LogP contribution in [0.25, 0.3) is 0 Å². The lowest BCUT2D eigenvalue weighted by atomic mass is 10.0. The molecule has 2 aromatic carbocycles. The van der Waals surface area contributed by atoms with E-state index in [0.29, 0.717) is 36.1 Å². The second-order valence-electron chi connectivity index (χ2n) is 7.73. The van der Waals surface area contributed by atoms with Crippen molar-refractivity contribution in [2.24, 2.45) is 0 Å². The Kier molecular flexibility index (Phi) is 6.18. The Morgan fingerprint density at radius 1 is 1.12 bits per heavy atom. The van der Waals surface area contributed by atoms with Gasteiger partial charge in [0.1, 0.15) is 5.75 Å². The van der Waals surface area contributed by atoms with Crippen LogP contribution < -0.4 is 9.04 Å². The summed E-state index contributed by atoms with van der Waals surface area (Å²) in [5.74, 6) is 0.488. The van der Waals surface area contributed by atoms with Crippen molar-refractivity contribution >= 4 is 21.6 Å². The molecule has 3 aromatic rings. The van der Waals surface area contributed by atoms with Crippen molar-refractivity contribution in [2.45, 2.75) is 23.8 Å². The first-order valence-electron chi connectivity index (χ1n) is 10.4. The van der Waals surface area contributed by atoms with E-state index in [0.717, 1.165) is 12.8 Å². The minimum atomic E-state index is -3.83. The number of nitrogens with zero attached hydrogens (tertiary/aromatic N) is 4. The number of rotatable bonds is 6. The molecule has 1 aliphatic heterocycles. The molecule has 1 saturated heterocycles. The summed E-state index contributed by atoms with van der Waals surface area (Å²) in [7, 11) is -0.779. The molecule has 9 heteroatoms. The summed E-state index contributed by atoms with van der Waals surface area (Å²) in [4.78, 5) is 19.0. The van der Waals surface area contributed by atoms with Crippen LogP contribution in [0.3, 0.4) is 0 Å². The van der Waals surface area contributed by atoms with Crippen LogP contribution in [0, 0.1) is 0 Å². The SMILES string of the molecule is COc1ccc(N(C)S(=O)(=O)c2cccc(C(=O)N3CCC(n4ccnc4)CC3)c2)cc1. The molecule has 0 saturated carbocycles. The fraction of sp³-hybridized carbons (Fsp3) is 0.304. The highest BCUT2D eigenvalue weighted by Gasteiger charge is 2.26. The number of likely N-dealkylation sites (tertiary alicyclic amines) is 1. The van der Waals surface area contributed by atoms with Gasteiger partial charge in [0.2, 0.25) is 0 Å². The number of carbonyl (C=O) groups excluding carboxylic acids is 1. The Hall–Kier alpha value is -3.33. The summed E-state index contributed by atoms with van der Waals surface area (Å²) >= 11 is 0. The van der Waals surface area contributed by atoms with Crippen LogP contribution in [0.15, 0.2) is 72.1 Å². The number of imidazole rings is 1. The van der Waals surface area contributed by atoms with Gasteiger partial charge in [-0.2, -0.15) is 0 Å². The molecule has 1 aliphatic rings.